The molecule has 1 aromatic heterocycles. The van der Waals surface area contributed by atoms with E-state index in [2.05, 4.69) is 21.6 Å². The summed E-state index contributed by atoms with van der Waals surface area (Å²) in [5, 5.41) is 20.8. The van der Waals surface area contributed by atoms with Crippen LogP contribution in [0, 0.1) is 17.2 Å². The number of benzene rings is 1. The lowest BCUT2D eigenvalue weighted by Gasteiger charge is -2.22. The number of hydrogen-bond donors (Lipinski definition) is 1. The first-order valence-electron chi connectivity index (χ1n) is 7.96. The molecule has 0 radical (unpaired) electrons. The molecule has 1 saturated carbocycles. The second kappa shape index (κ2) is 7.15. The molecule has 8 heteroatoms. The molecule has 7 nitrogen and oxygen atoms in total. The summed E-state index contributed by atoms with van der Waals surface area (Å²) in [6.45, 7) is 1.78. The maximum absolute atomic E-state index is 12.3. The molecular weight excluding hydrogens is 338 g/mol. The zero-order valence-corrected chi connectivity index (χ0v) is 14.9. The molecule has 0 saturated heterocycles. The molecule has 0 bridgehead atoms. The van der Waals surface area contributed by atoms with Gasteiger partial charge in [-0.25, -0.2) is 0 Å². The normalized spacial score (nSPS) is 15.9. The highest BCUT2D eigenvalue weighted by molar-refractivity contribution is 7.99. The number of nitrogens with zero attached hydrogens (tertiary/aromatic N) is 4. The van der Waals surface area contributed by atoms with Crippen molar-refractivity contribution in [1.29, 1.82) is 5.26 Å². The first-order chi connectivity index (χ1) is 12.1. The van der Waals surface area contributed by atoms with Gasteiger partial charge in [0, 0.05) is 0 Å². The van der Waals surface area contributed by atoms with Crippen LogP contribution in [0.5, 0.6) is 5.75 Å². The molecule has 1 fully saturated rings. The number of rotatable bonds is 7. The minimum Gasteiger partial charge on any atom is -0.495 e. The summed E-state index contributed by atoms with van der Waals surface area (Å²) < 4.78 is 7.14. The van der Waals surface area contributed by atoms with E-state index in [-0.39, 0.29) is 17.6 Å². The topological polar surface area (TPSA) is 92.8 Å². The van der Waals surface area contributed by atoms with Crippen molar-refractivity contribution in [3.8, 4) is 17.5 Å². The Morgan fingerprint density at radius 1 is 1.52 bits per heavy atom. The van der Waals surface area contributed by atoms with Crippen molar-refractivity contribution < 1.29 is 9.53 Å². The van der Waals surface area contributed by atoms with E-state index in [4.69, 9.17) is 4.74 Å². The van der Waals surface area contributed by atoms with Crippen LogP contribution in [-0.2, 0) is 4.79 Å². The first kappa shape index (κ1) is 17.3. The maximum atomic E-state index is 12.3. The number of nitrogens with one attached hydrogen (secondary N) is 1. The number of hydrogen-bond acceptors (Lipinski definition) is 6. The van der Waals surface area contributed by atoms with Gasteiger partial charge < -0.3 is 10.1 Å². The van der Waals surface area contributed by atoms with Crippen molar-refractivity contribution in [2.24, 2.45) is 5.92 Å². The SMILES string of the molecule is COc1ccccc1-n1cnnc1SCC(=O)N[C@](C)(C#N)C1CC1. The molecule has 25 heavy (non-hydrogen) atoms. The summed E-state index contributed by atoms with van der Waals surface area (Å²) in [6, 6.07) is 9.75. The second-order valence-corrected chi connectivity index (χ2v) is 7.02. The van der Waals surface area contributed by atoms with E-state index in [1.165, 1.54) is 11.8 Å². The number of thioether (sulfide) groups is 1. The third-order valence-corrected chi connectivity index (χ3v) is 5.16. The number of aromatic nitrogens is 3. The van der Waals surface area contributed by atoms with Crippen LogP contribution < -0.4 is 10.1 Å². The van der Waals surface area contributed by atoms with Crippen molar-refractivity contribution in [2.75, 3.05) is 12.9 Å². The van der Waals surface area contributed by atoms with Gasteiger partial charge in [-0.1, -0.05) is 23.9 Å². The largest absolute Gasteiger partial charge is 0.495 e. The van der Waals surface area contributed by atoms with Gasteiger partial charge >= 0.3 is 0 Å². The van der Waals surface area contributed by atoms with Gasteiger partial charge in [-0.15, -0.1) is 10.2 Å². The summed E-state index contributed by atoms with van der Waals surface area (Å²) in [5.74, 6) is 0.927. The fraction of sp³-hybridized carbons (Fsp3) is 0.412. The standard InChI is InChI=1S/C17H19N5O2S/c1-17(10-18,12-7-8-12)20-15(23)9-25-16-21-19-11-22(16)13-5-3-4-6-14(13)24-2/h3-6,11-12H,7-9H2,1-2H3,(H,20,23)/t17-/m1/s1. The molecule has 3 rings (SSSR count). The average molecular weight is 357 g/mol. The highest BCUT2D eigenvalue weighted by Gasteiger charge is 2.42. The lowest BCUT2D eigenvalue weighted by atomic mass is 9.98. The van der Waals surface area contributed by atoms with Crippen LogP contribution >= 0.6 is 11.8 Å². The number of carbonyl (C=O) groups is 1. The molecule has 1 aliphatic carbocycles. The first-order valence-corrected chi connectivity index (χ1v) is 8.94. The number of carbonyl (C=O) groups excluding carboxylic acids is 1. The summed E-state index contributed by atoms with van der Waals surface area (Å²) in [7, 11) is 1.60. The lowest BCUT2D eigenvalue weighted by molar-refractivity contribution is -0.119. The number of methoxy groups -OCH3 is 1. The van der Waals surface area contributed by atoms with Crippen LogP contribution in [0.2, 0.25) is 0 Å². The van der Waals surface area contributed by atoms with Gasteiger partial charge in [0.25, 0.3) is 0 Å². The lowest BCUT2D eigenvalue weighted by Crippen LogP contribution is -2.47. The molecule has 1 heterocycles. The highest BCUT2D eigenvalue weighted by atomic mass is 32.2. The molecule has 0 aliphatic heterocycles. The van der Waals surface area contributed by atoms with E-state index in [1.54, 1.807) is 24.9 Å². The predicted molar refractivity (Wildman–Crippen MR) is 93.5 cm³/mol. The Morgan fingerprint density at radius 2 is 2.28 bits per heavy atom. The Bertz CT molecular complexity index is 811. The van der Waals surface area contributed by atoms with Crippen LogP contribution in [0.15, 0.2) is 35.7 Å². The Labute approximate surface area is 150 Å². The van der Waals surface area contributed by atoms with E-state index < -0.39 is 5.54 Å². The third kappa shape index (κ3) is 3.77. The summed E-state index contributed by atoms with van der Waals surface area (Å²) in [6.07, 6.45) is 3.56. The smallest absolute Gasteiger partial charge is 0.231 e. The third-order valence-electron chi connectivity index (χ3n) is 4.22. The van der Waals surface area contributed by atoms with Gasteiger partial charge in [0.15, 0.2) is 5.16 Å². The van der Waals surface area contributed by atoms with Crippen LogP contribution in [0.3, 0.4) is 0 Å². The minimum atomic E-state index is -0.784. The summed E-state index contributed by atoms with van der Waals surface area (Å²) >= 11 is 1.27. The van der Waals surface area contributed by atoms with Crippen molar-refractivity contribution >= 4 is 17.7 Å². The number of ether oxygens (including phenoxy) is 1. The van der Waals surface area contributed by atoms with Gasteiger partial charge in [-0.2, -0.15) is 5.26 Å². The molecule has 1 atom stereocenters. The van der Waals surface area contributed by atoms with E-state index in [0.717, 1.165) is 18.5 Å². The number of amides is 1. The minimum absolute atomic E-state index is 0.165. The van der Waals surface area contributed by atoms with Crippen LogP contribution in [0.4, 0.5) is 0 Å². The van der Waals surface area contributed by atoms with E-state index in [0.29, 0.717) is 10.9 Å². The van der Waals surface area contributed by atoms with Gasteiger partial charge in [0.05, 0.1) is 24.6 Å². The summed E-state index contributed by atoms with van der Waals surface area (Å²) in [5.41, 5.74) is 0.0197. The maximum Gasteiger partial charge on any atom is 0.231 e. The van der Waals surface area contributed by atoms with E-state index in [9.17, 15) is 10.1 Å². The quantitative estimate of drug-likeness (QED) is 0.764. The summed E-state index contributed by atoms with van der Waals surface area (Å²) in [4.78, 5) is 12.3. The second-order valence-electron chi connectivity index (χ2n) is 6.08. The van der Waals surface area contributed by atoms with Gasteiger partial charge in [0.1, 0.15) is 17.6 Å². The van der Waals surface area contributed by atoms with Crippen molar-refractivity contribution in [2.45, 2.75) is 30.5 Å². The molecule has 0 unspecified atom stereocenters. The molecule has 2 aromatic rings. The Morgan fingerprint density at radius 3 is 2.96 bits per heavy atom. The van der Waals surface area contributed by atoms with E-state index >= 15 is 0 Å². The van der Waals surface area contributed by atoms with Crippen molar-refractivity contribution in [3.63, 3.8) is 0 Å². The number of para-hydroxylation sites is 2. The fourth-order valence-electron chi connectivity index (χ4n) is 2.65. The van der Waals surface area contributed by atoms with Crippen LogP contribution in [0.25, 0.3) is 5.69 Å². The fourth-order valence-corrected chi connectivity index (χ4v) is 3.38. The molecular formula is C17H19N5O2S. The van der Waals surface area contributed by atoms with Crippen molar-refractivity contribution in [3.05, 3.63) is 30.6 Å². The average Bonchev–Trinajstić information content (AvgIpc) is 3.39. The van der Waals surface area contributed by atoms with Gasteiger partial charge in [-0.3, -0.25) is 9.36 Å². The van der Waals surface area contributed by atoms with E-state index in [1.807, 2.05) is 24.3 Å². The monoisotopic (exact) mass is 357 g/mol. The predicted octanol–water partition coefficient (Wildman–Crippen LogP) is 2.18. The molecule has 1 aromatic carbocycles. The zero-order chi connectivity index (χ0) is 17.9. The van der Waals surface area contributed by atoms with Crippen molar-refractivity contribution in [1.82, 2.24) is 20.1 Å². The molecule has 0 spiro atoms. The molecule has 1 aliphatic rings. The Hall–Kier alpha value is -2.53. The van der Waals surface area contributed by atoms with Gasteiger partial charge in [0.2, 0.25) is 5.91 Å². The Balaban J connectivity index is 1.68. The number of nitriles is 1. The van der Waals surface area contributed by atoms with Gasteiger partial charge in [-0.05, 0) is 37.8 Å². The Kier molecular flexibility index (Phi) is 4.95. The zero-order valence-electron chi connectivity index (χ0n) is 14.1. The molecule has 130 valence electrons. The van der Waals surface area contributed by atoms with Crippen LogP contribution in [0.1, 0.15) is 19.8 Å². The van der Waals surface area contributed by atoms with Crippen LogP contribution in [-0.4, -0.2) is 39.1 Å². The highest BCUT2D eigenvalue weighted by Crippen LogP contribution is 2.39. The molecule has 1 N–H and O–H groups in total. The molecule has 1 amide bonds.